The molecular weight excluding hydrogens is 733 g/mol. The van der Waals surface area contributed by atoms with Gasteiger partial charge in [0.05, 0.1) is 0 Å². The van der Waals surface area contributed by atoms with Gasteiger partial charge in [0.1, 0.15) is 13.2 Å². The van der Waals surface area contributed by atoms with Gasteiger partial charge in [-0.25, -0.2) is 0 Å². The zero-order valence-corrected chi connectivity index (χ0v) is 39.5. The molecule has 0 spiro atoms. The second kappa shape index (κ2) is 48.6. The van der Waals surface area contributed by atoms with Crippen LogP contribution in [0.1, 0.15) is 278 Å². The Hall–Kier alpha value is -2.11. The summed E-state index contributed by atoms with van der Waals surface area (Å²) in [7, 11) is 0. The summed E-state index contributed by atoms with van der Waals surface area (Å²) in [6, 6.07) is 0. The van der Waals surface area contributed by atoms with Gasteiger partial charge >= 0.3 is 17.9 Å². The van der Waals surface area contributed by atoms with Crippen LogP contribution in [-0.2, 0) is 28.6 Å². The number of carbonyl (C=O) groups excluding carboxylic acids is 3. The Morgan fingerprint density at radius 2 is 0.576 bits per heavy atom. The Morgan fingerprint density at radius 3 is 0.898 bits per heavy atom. The molecule has 0 radical (unpaired) electrons. The van der Waals surface area contributed by atoms with E-state index in [1.165, 1.54) is 167 Å². The minimum Gasteiger partial charge on any atom is -0.462 e. The van der Waals surface area contributed by atoms with Crippen molar-refractivity contribution in [2.24, 2.45) is 0 Å². The van der Waals surface area contributed by atoms with E-state index in [9.17, 15) is 14.4 Å². The quantitative estimate of drug-likeness (QED) is 0.0263. The Labute approximate surface area is 366 Å². The molecule has 0 atom stereocenters. The minimum atomic E-state index is -0.772. The maximum absolute atomic E-state index is 12.8. The molecule has 0 aliphatic rings. The molecule has 0 heterocycles. The van der Waals surface area contributed by atoms with Gasteiger partial charge in [-0.05, 0) is 57.8 Å². The summed E-state index contributed by atoms with van der Waals surface area (Å²) < 4.78 is 16.8. The van der Waals surface area contributed by atoms with E-state index in [1.54, 1.807) is 0 Å². The first-order chi connectivity index (χ1) is 29.0. The Balaban J connectivity index is 4.28. The number of carbonyl (C=O) groups is 3. The summed E-state index contributed by atoms with van der Waals surface area (Å²) in [5, 5.41) is 0. The second-order valence-corrected chi connectivity index (χ2v) is 17.4. The fraction of sp³-hybridized carbons (Fsp3) is 0.868. The van der Waals surface area contributed by atoms with Crippen LogP contribution in [-0.4, -0.2) is 37.2 Å². The molecule has 0 unspecified atom stereocenters. The van der Waals surface area contributed by atoms with E-state index in [0.29, 0.717) is 19.3 Å². The molecule has 0 aromatic heterocycles. The third-order valence-electron chi connectivity index (χ3n) is 11.4. The van der Waals surface area contributed by atoms with Gasteiger partial charge in [0.2, 0.25) is 0 Å². The Morgan fingerprint density at radius 1 is 0.322 bits per heavy atom. The largest absolute Gasteiger partial charge is 0.462 e. The second-order valence-electron chi connectivity index (χ2n) is 17.4. The van der Waals surface area contributed by atoms with Crippen molar-refractivity contribution in [1.29, 1.82) is 0 Å². The average molecular weight is 831 g/mol. The normalized spacial score (nSPS) is 11.7. The first-order valence-corrected chi connectivity index (χ1v) is 25.8. The summed E-state index contributed by atoms with van der Waals surface area (Å²) in [6.45, 7) is 6.57. The molecule has 59 heavy (non-hydrogen) atoms. The molecule has 0 rings (SSSR count). The topological polar surface area (TPSA) is 78.9 Å². The van der Waals surface area contributed by atoms with Crippen LogP contribution < -0.4 is 0 Å². The highest BCUT2D eigenvalue weighted by atomic mass is 16.6. The van der Waals surface area contributed by atoms with E-state index in [-0.39, 0.29) is 31.1 Å². The molecule has 0 aromatic rings. The summed E-state index contributed by atoms with van der Waals surface area (Å²) in [5.41, 5.74) is 0. The third kappa shape index (κ3) is 46.8. The molecule has 6 heteroatoms. The van der Waals surface area contributed by atoms with E-state index in [0.717, 1.165) is 70.6 Å². The van der Waals surface area contributed by atoms with Crippen LogP contribution in [0.4, 0.5) is 0 Å². The number of unbranched alkanes of at least 4 members (excludes halogenated alkanes) is 32. The molecule has 346 valence electrons. The minimum absolute atomic E-state index is 0.0751. The van der Waals surface area contributed by atoms with E-state index in [4.69, 9.17) is 14.2 Å². The summed E-state index contributed by atoms with van der Waals surface area (Å²) in [4.78, 5) is 37.9. The Kier molecular flexibility index (Phi) is 46.8. The molecule has 0 amide bonds. The lowest BCUT2D eigenvalue weighted by atomic mass is 10.0. The molecule has 0 aromatic carbocycles. The summed E-state index contributed by atoms with van der Waals surface area (Å²) in [6.07, 6.45) is 54.5. The highest BCUT2D eigenvalue weighted by Gasteiger charge is 2.19. The maximum atomic E-state index is 12.8. The zero-order chi connectivity index (χ0) is 43.0. The zero-order valence-electron chi connectivity index (χ0n) is 39.5. The van der Waals surface area contributed by atoms with Crippen molar-refractivity contribution in [3.63, 3.8) is 0 Å². The number of esters is 3. The highest BCUT2D eigenvalue weighted by molar-refractivity contribution is 5.71. The van der Waals surface area contributed by atoms with Gasteiger partial charge in [-0.1, -0.05) is 225 Å². The molecule has 0 fully saturated rings. The van der Waals surface area contributed by atoms with Crippen molar-refractivity contribution in [1.82, 2.24) is 0 Å². The van der Waals surface area contributed by atoms with Crippen molar-refractivity contribution in [3.8, 4) is 0 Å². The van der Waals surface area contributed by atoms with Crippen molar-refractivity contribution in [3.05, 3.63) is 24.3 Å². The van der Waals surface area contributed by atoms with Gasteiger partial charge < -0.3 is 14.2 Å². The third-order valence-corrected chi connectivity index (χ3v) is 11.4. The van der Waals surface area contributed by atoms with Crippen molar-refractivity contribution >= 4 is 17.9 Å². The van der Waals surface area contributed by atoms with E-state index >= 15 is 0 Å². The Bertz CT molecular complexity index is 910. The standard InChI is InChI=1S/C53H98O6/c1-4-7-10-13-16-19-22-23-24-25-26-27-28-29-32-35-38-41-44-47-53(56)59-50(48-57-51(54)45-42-39-36-33-30-20-17-14-11-8-5-2)49-58-52(55)46-43-40-37-34-31-21-18-15-12-9-6-3/h14-15,17-18,50H,4-13,16,19-49H2,1-3H3/b17-14-,18-15-. The molecule has 0 aliphatic carbocycles. The van der Waals surface area contributed by atoms with Crippen LogP contribution in [0.3, 0.4) is 0 Å². The molecular formula is C53H98O6. The molecule has 6 nitrogen and oxygen atoms in total. The fourth-order valence-electron chi connectivity index (χ4n) is 7.46. The summed E-state index contributed by atoms with van der Waals surface area (Å²) >= 11 is 0. The number of hydrogen-bond donors (Lipinski definition) is 0. The molecule has 0 aliphatic heterocycles. The van der Waals surface area contributed by atoms with E-state index in [2.05, 4.69) is 45.1 Å². The van der Waals surface area contributed by atoms with Gasteiger partial charge in [-0.3, -0.25) is 14.4 Å². The van der Waals surface area contributed by atoms with Gasteiger partial charge in [0.15, 0.2) is 6.10 Å². The van der Waals surface area contributed by atoms with Crippen LogP contribution in [0, 0.1) is 0 Å². The lowest BCUT2D eigenvalue weighted by Gasteiger charge is -2.18. The predicted octanol–water partition coefficient (Wildman–Crippen LogP) is 16.8. The van der Waals surface area contributed by atoms with Gasteiger partial charge in [-0.15, -0.1) is 0 Å². The number of allylic oxidation sites excluding steroid dienone is 4. The number of ether oxygens (including phenoxy) is 3. The molecule has 0 bridgehead atoms. The van der Waals surface area contributed by atoms with Crippen molar-refractivity contribution < 1.29 is 28.6 Å². The van der Waals surface area contributed by atoms with Crippen LogP contribution in [0.25, 0.3) is 0 Å². The van der Waals surface area contributed by atoms with Crippen LogP contribution in [0.15, 0.2) is 24.3 Å². The maximum Gasteiger partial charge on any atom is 0.306 e. The smallest absolute Gasteiger partial charge is 0.306 e. The highest BCUT2D eigenvalue weighted by Crippen LogP contribution is 2.16. The summed E-state index contributed by atoms with van der Waals surface area (Å²) in [5.74, 6) is -0.882. The van der Waals surface area contributed by atoms with E-state index < -0.39 is 6.10 Å². The SMILES string of the molecule is CCCC/C=C\CCCCCCCC(=O)OCC(COC(=O)CCCCCCC/C=C\CCCC)OC(=O)CCCCCCCCCCCCCCCCCCCCC. The molecule has 0 N–H and O–H groups in total. The monoisotopic (exact) mass is 831 g/mol. The van der Waals surface area contributed by atoms with Gasteiger partial charge in [0.25, 0.3) is 0 Å². The number of rotatable bonds is 47. The van der Waals surface area contributed by atoms with Gasteiger partial charge in [-0.2, -0.15) is 0 Å². The van der Waals surface area contributed by atoms with Crippen molar-refractivity contribution in [2.75, 3.05) is 13.2 Å². The molecule has 0 saturated carbocycles. The van der Waals surface area contributed by atoms with Gasteiger partial charge in [0, 0.05) is 19.3 Å². The average Bonchev–Trinajstić information content (AvgIpc) is 3.23. The van der Waals surface area contributed by atoms with Crippen molar-refractivity contribution in [2.45, 2.75) is 284 Å². The lowest BCUT2D eigenvalue weighted by molar-refractivity contribution is -0.167. The van der Waals surface area contributed by atoms with Crippen LogP contribution in [0.2, 0.25) is 0 Å². The van der Waals surface area contributed by atoms with Crippen LogP contribution in [0.5, 0.6) is 0 Å². The number of hydrogen-bond acceptors (Lipinski definition) is 6. The van der Waals surface area contributed by atoms with Crippen LogP contribution >= 0.6 is 0 Å². The molecule has 0 saturated heterocycles. The van der Waals surface area contributed by atoms with E-state index in [1.807, 2.05) is 0 Å². The first-order valence-electron chi connectivity index (χ1n) is 25.8. The lowest BCUT2D eigenvalue weighted by Crippen LogP contribution is -2.30. The predicted molar refractivity (Wildman–Crippen MR) is 252 cm³/mol. The fourth-order valence-corrected chi connectivity index (χ4v) is 7.46. The first kappa shape index (κ1) is 56.9.